The minimum Gasteiger partial charge on any atom is -0.311 e. The van der Waals surface area contributed by atoms with Gasteiger partial charge in [0.15, 0.2) is 0 Å². The molecule has 23 heavy (non-hydrogen) atoms. The van der Waals surface area contributed by atoms with Gasteiger partial charge < -0.3 is 5.32 Å². The van der Waals surface area contributed by atoms with Gasteiger partial charge >= 0.3 is 0 Å². The Morgan fingerprint density at radius 2 is 1.65 bits per heavy atom. The molecule has 0 radical (unpaired) electrons. The number of rotatable bonds is 6. The SMILES string of the molecule is Clc1ccc(CNCC(c2ccccc2Cl)N2CCCC2)cc1. The summed E-state index contributed by atoms with van der Waals surface area (Å²) in [5, 5.41) is 5.22. The highest BCUT2D eigenvalue weighted by atomic mass is 35.5. The fourth-order valence-corrected chi connectivity index (χ4v) is 3.58. The molecule has 0 aromatic heterocycles. The second kappa shape index (κ2) is 8.16. The summed E-state index contributed by atoms with van der Waals surface area (Å²) in [4.78, 5) is 2.54. The zero-order valence-corrected chi connectivity index (χ0v) is 14.7. The van der Waals surface area contributed by atoms with E-state index in [-0.39, 0.29) is 0 Å². The summed E-state index contributed by atoms with van der Waals surface area (Å²) in [5.74, 6) is 0. The molecule has 1 unspecified atom stereocenters. The molecule has 0 amide bonds. The van der Waals surface area contributed by atoms with E-state index in [1.807, 2.05) is 24.3 Å². The standard InChI is InChI=1S/C19H22Cl2N2/c20-16-9-7-15(8-10-16)13-22-14-19(23-11-3-4-12-23)17-5-1-2-6-18(17)21/h1-2,5-10,19,22H,3-4,11-14H2. The van der Waals surface area contributed by atoms with Crippen molar-refractivity contribution in [2.24, 2.45) is 0 Å². The molecule has 1 aliphatic heterocycles. The lowest BCUT2D eigenvalue weighted by atomic mass is 10.1. The van der Waals surface area contributed by atoms with Gasteiger partial charge in [-0.05, 0) is 55.3 Å². The number of likely N-dealkylation sites (tertiary alicyclic amines) is 1. The Kier molecular flexibility index (Phi) is 5.96. The summed E-state index contributed by atoms with van der Waals surface area (Å²) in [6, 6.07) is 16.5. The average Bonchev–Trinajstić information content (AvgIpc) is 3.08. The highest BCUT2D eigenvalue weighted by Crippen LogP contribution is 2.29. The number of hydrogen-bond donors (Lipinski definition) is 1. The van der Waals surface area contributed by atoms with Crippen LogP contribution in [0.2, 0.25) is 10.0 Å². The molecule has 4 heteroatoms. The first kappa shape index (κ1) is 16.8. The van der Waals surface area contributed by atoms with E-state index >= 15 is 0 Å². The first-order chi connectivity index (χ1) is 11.2. The smallest absolute Gasteiger partial charge is 0.0487 e. The molecule has 0 bridgehead atoms. The van der Waals surface area contributed by atoms with Gasteiger partial charge in [-0.1, -0.05) is 53.5 Å². The fraction of sp³-hybridized carbons (Fsp3) is 0.368. The molecule has 1 N–H and O–H groups in total. The van der Waals surface area contributed by atoms with Gasteiger partial charge in [-0.3, -0.25) is 4.90 Å². The lowest BCUT2D eigenvalue weighted by molar-refractivity contribution is 0.238. The van der Waals surface area contributed by atoms with E-state index in [2.05, 4.69) is 34.5 Å². The van der Waals surface area contributed by atoms with E-state index < -0.39 is 0 Å². The van der Waals surface area contributed by atoms with Crippen LogP contribution in [0.1, 0.15) is 30.0 Å². The minimum atomic E-state index is 0.332. The Labute approximate surface area is 148 Å². The predicted octanol–water partition coefficient (Wildman–Crippen LogP) is 4.92. The Morgan fingerprint density at radius 3 is 2.35 bits per heavy atom. The monoisotopic (exact) mass is 348 g/mol. The third kappa shape index (κ3) is 4.48. The van der Waals surface area contributed by atoms with Crippen LogP contribution >= 0.6 is 23.2 Å². The number of hydrogen-bond acceptors (Lipinski definition) is 2. The number of halogens is 2. The first-order valence-corrected chi connectivity index (χ1v) is 8.93. The lowest BCUT2D eigenvalue weighted by Gasteiger charge is -2.29. The van der Waals surface area contributed by atoms with E-state index in [1.54, 1.807) is 0 Å². The maximum Gasteiger partial charge on any atom is 0.0487 e. The maximum atomic E-state index is 6.44. The molecule has 1 heterocycles. The highest BCUT2D eigenvalue weighted by Gasteiger charge is 2.24. The van der Waals surface area contributed by atoms with Gasteiger partial charge in [0.05, 0.1) is 0 Å². The van der Waals surface area contributed by atoms with Crippen LogP contribution in [0.3, 0.4) is 0 Å². The second-order valence-electron chi connectivity index (χ2n) is 6.04. The summed E-state index contributed by atoms with van der Waals surface area (Å²) in [6.07, 6.45) is 2.55. The van der Waals surface area contributed by atoms with Crippen LogP contribution in [0.15, 0.2) is 48.5 Å². The molecule has 1 atom stereocenters. The average molecular weight is 349 g/mol. The van der Waals surface area contributed by atoms with Crippen LogP contribution in [0.25, 0.3) is 0 Å². The molecule has 0 spiro atoms. The molecule has 2 aromatic rings. The van der Waals surface area contributed by atoms with Crippen molar-refractivity contribution in [2.75, 3.05) is 19.6 Å². The van der Waals surface area contributed by atoms with Crippen molar-refractivity contribution in [3.8, 4) is 0 Å². The molecular formula is C19H22Cl2N2. The zero-order chi connectivity index (χ0) is 16.1. The topological polar surface area (TPSA) is 15.3 Å². The second-order valence-corrected chi connectivity index (χ2v) is 6.88. The molecule has 2 aromatic carbocycles. The zero-order valence-electron chi connectivity index (χ0n) is 13.1. The third-order valence-corrected chi connectivity index (χ3v) is 5.02. The first-order valence-electron chi connectivity index (χ1n) is 8.17. The number of nitrogens with zero attached hydrogens (tertiary/aromatic N) is 1. The Bertz CT molecular complexity index is 622. The summed E-state index contributed by atoms with van der Waals surface area (Å²) in [5.41, 5.74) is 2.47. The molecule has 2 nitrogen and oxygen atoms in total. The molecular weight excluding hydrogens is 327 g/mol. The Balaban J connectivity index is 1.66. The normalized spacial score (nSPS) is 16.6. The minimum absolute atomic E-state index is 0.332. The van der Waals surface area contributed by atoms with E-state index in [0.717, 1.165) is 36.2 Å². The van der Waals surface area contributed by atoms with Crippen LogP contribution in [0.4, 0.5) is 0 Å². The van der Waals surface area contributed by atoms with Crippen molar-refractivity contribution in [2.45, 2.75) is 25.4 Å². The van der Waals surface area contributed by atoms with E-state index in [4.69, 9.17) is 23.2 Å². The summed E-state index contributed by atoms with van der Waals surface area (Å²) < 4.78 is 0. The lowest BCUT2D eigenvalue weighted by Crippen LogP contribution is -2.34. The van der Waals surface area contributed by atoms with Crippen LogP contribution in [-0.4, -0.2) is 24.5 Å². The van der Waals surface area contributed by atoms with Crippen molar-refractivity contribution in [3.05, 3.63) is 69.7 Å². The van der Waals surface area contributed by atoms with E-state index in [9.17, 15) is 0 Å². The van der Waals surface area contributed by atoms with Crippen molar-refractivity contribution >= 4 is 23.2 Å². The van der Waals surface area contributed by atoms with Crippen molar-refractivity contribution < 1.29 is 0 Å². The number of benzene rings is 2. The Morgan fingerprint density at radius 1 is 0.957 bits per heavy atom. The van der Waals surface area contributed by atoms with Gasteiger partial charge in [0.1, 0.15) is 0 Å². The largest absolute Gasteiger partial charge is 0.311 e. The van der Waals surface area contributed by atoms with Gasteiger partial charge in [-0.2, -0.15) is 0 Å². The molecule has 0 aliphatic carbocycles. The van der Waals surface area contributed by atoms with Crippen LogP contribution in [0, 0.1) is 0 Å². The number of nitrogens with one attached hydrogen (secondary N) is 1. The van der Waals surface area contributed by atoms with Gasteiger partial charge in [0, 0.05) is 29.2 Å². The summed E-state index contributed by atoms with van der Waals surface area (Å²) in [7, 11) is 0. The van der Waals surface area contributed by atoms with Gasteiger partial charge in [-0.25, -0.2) is 0 Å². The van der Waals surface area contributed by atoms with E-state index in [1.165, 1.54) is 24.0 Å². The van der Waals surface area contributed by atoms with Crippen molar-refractivity contribution in [3.63, 3.8) is 0 Å². The fourth-order valence-electron chi connectivity index (χ4n) is 3.19. The van der Waals surface area contributed by atoms with Gasteiger partial charge in [0.2, 0.25) is 0 Å². The van der Waals surface area contributed by atoms with Gasteiger partial charge in [0.25, 0.3) is 0 Å². The molecule has 1 aliphatic rings. The summed E-state index contributed by atoms with van der Waals surface area (Å²) in [6.45, 7) is 4.04. The maximum absolute atomic E-state index is 6.44. The van der Waals surface area contributed by atoms with Crippen molar-refractivity contribution in [1.29, 1.82) is 0 Å². The van der Waals surface area contributed by atoms with Crippen LogP contribution in [0.5, 0.6) is 0 Å². The van der Waals surface area contributed by atoms with Crippen molar-refractivity contribution in [1.82, 2.24) is 10.2 Å². The summed E-state index contributed by atoms with van der Waals surface area (Å²) >= 11 is 12.4. The highest BCUT2D eigenvalue weighted by molar-refractivity contribution is 6.31. The molecule has 1 saturated heterocycles. The molecule has 3 rings (SSSR count). The molecule has 122 valence electrons. The predicted molar refractivity (Wildman–Crippen MR) is 98.2 cm³/mol. The quantitative estimate of drug-likeness (QED) is 0.796. The van der Waals surface area contributed by atoms with Crippen LogP contribution in [-0.2, 0) is 6.54 Å². The van der Waals surface area contributed by atoms with Crippen LogP contribution < -0.4 is 5.32 Å². The third-order valence-electron chi connectivity index (χ3n) is 4.43. The Hall–Kier alpha value is -1.06. The van der Waals surface area contributed by atoms with Gasteiger partial charge in [-0.15, -0.1) is 0 Å². The molecule has 0 saturated carbocycles. The van der Waals surface area contributed by atoms with E-state index in [0.29, 0.717) is 6.04 Å². The molecule has 1 fully saturated rings.